The Balaban J connectivity index is 1.48. The number of fused-ring (bicyclic) bond motifs is 1. The topological polar surface area (TPSA) is 78.8 Å². The van der Waals surface area contributed by atoms with E-state index < -0.39 is 12.1 Å². The van der Waals surface area contributed by atoms with Crippen LogP contribution in [0, 0.1) is 5.92 Å². The summed E-state index contributed by atoms with van der Waals surface area (Å²) in [6, 6.07) is 16.2. The van der Waals surface area contributed by atoms with E-state index in [-0.39, 0.29) is 18.6 Å². The molecule has 0 aromatic heterocycles. The van der Waals surface area contributed by atoms with Crippen LogP contribution in [-0.4, -0.2) is 41.0 Å². The molecule has 0 heterocycles. The van der Waals surface area contributed by atoms with Gasteiger partial charge in [-0.05, 0) is 73.3 Å². The van der Waals surface area contributed by atoms with Gasteiger partial charge < -0.3 is 20.3 Å². The number of hydrogen-bond donors (Lipinski definition) is 3. The van der Waals surface area contributed by atoms with Gasteiger partial charge in [-0.2, -0.15) is 0 Å². The highest BCUT2D eigenvalue weighted by Gasteiger charge is 2.32. The van der Waals surface area contributed by atoms with Gasteiger partial charge in [-0.15, -0.1) is 0 Å². The zero-order valence-corrected chi connectivity index (χ0v) is 19.3. The number of ether oxygens (including phenoxy) is 1. The lowest BCUT2D eigenvalue weighted by molar-refractivity contribution is -0.136. The Morgan fingerprint density at radius 2 is 1.81 bits per heavy atom. The van der Waals surface area contributed by atoms with E-state index in [1.807, 2.05) is 24.3 Å². The molecular formula is C27H37NO4. The molecule has 0 saturated heterocycles. The third-order valence-corrected chi connectivity index (χ3v) is 6.85. The number of rotatable bonds is 13. The quantitative estimate of drug-likeness (QED) is 0.431. The minimum Gasteiger partial charge on any atom is -0.491 e. The molecule has 0 unspecified atom stereocenters. The molecule has 174 valence electrons. The van der Waals surface area contributed by atoms with Gasteiger partial charge in [0.1, 0.15) is 18.5 Å². The number of benzene rings is 2. The first-order chi connectivity index (χ1) is 15.4. The largest absolute Gasteiger partial charge is 0.491 e. The van der Waals surface area contributed by atoms with Crippen LogP contribution in [0.4, 0.5) is 0 Å². The van der Waals surface area contributed by atoms with Crippen LogP contribution in [0.3, 0.4) is 0 Å². The van der Waals surface area contributed by atoms with Gasteiger partial charge in [-0.1, -0.05) is 50.2 Å². The summed E-state index contributed by atoms with van der Waals surface area (Å²) in [7, 11) is 0. The van der Waals surface area contributed by atoms with Gasteiger partial charge in [0.15, 0.2) is 0 Å². The van der Waals surface area contributed by atoms with Crippen LogP contribution < -0.4 is 10.1 Å². The second-order valence-corrected chi connectivity index (χ2v) is 9.12. The second kappa shape index (κ2) is 11.5. The monoisotopic (exact) mass is 439 g/mol. The average Bonchev–Trinajstić information content (AvgIpc) is 3.21. The Labute approximate surface area is 191 Å². The second-order valence-electron chi connectivity index (χ2n) is 9.12. The van der Waals surface area contributed by atoms with Crippen molar-refractivity contribution in [1.29, 1.82) is 0 Å². The molecule has 0 amide bonds. The number of nitrogens with one attached hydrogen (secondary N) is 1. The fourth-order valence-corrected chi connectivity index (χ4v) is 4.84. The highest BCUT2D eigenvalue weighted by atomic mass is 16.5. The van der Waals surface area contributed by atoms with Crippen molar-refractivity contribution in [3.63, 3.8) is 0 Å². The summed E-state index contributed by atoms with van der Waals surface area (Å²) in [5.41, 5.74) is 3.91. The van der Waals surface area contributed by atoms with Crippen molar-refractivity contribution in [2.45, 2.75) is 70.4 Å². The summed E-state index contributed by atoms with van der Waals surface area (Å²) in [5.74, 6) is 0.490. The molecule has 0 saturated carbocycles. The number of aliphatic hydroxyl groups is 1. The number of aliphatic hydroxyl groups excluding tert-OH is 1. The predicted octanol–water partition coefficient (Wildman–Crippen LogP) is 4.40. The van der Waals surface area contributed by atoms with Crippen LogP contribution in [0.25, 0.3) is 0 Å². The fraction of sp³-hybridized carbons (Fsp3) is 0.519. The molecule has 5 heteroatoms. The maximum atomic E-state index is 10.8. The Hall–Kier alpha value is -2.37. The number of carbonyl (C=O) groups is 1. The number of aliphatic carboxylic acids is 1. The summed E-state index contributed by atoms with van der Waals surface area (Å²) in [4.78, 5) is 10.8. The summed E-state index contributed by atoms with van der Waals surface area (Å²) in [6.45, 7) is 5.14. The fourth-order valence-electron chi connectivity index (χ4n) is 4.84. The number of aryl methyl sites for hydroxylation is 1. The minimum atomic E-state index is -0.811. The van der Waals surface area contributed by atoms with Gasteiger partial charge in [0, 0.05) is 18.5 Å². The highest BCUT2D eigenvalue weighted by Crippen LogP contribution is 2.34. The van der Waals surface area contributed by atoms with Crippen molar-refractivity contribution in [2.75, 3.05) is 13.2 Å². The van der Waals surface area contributed by atoms with Crippen LogP contribution in [0.2, 0.25) is 0 Å². The molecule has 0 aliphatic heterocycles. The SMILES string of the molecule is CCC(CC)(CC1Cc2ccccc2C1)NC[C@@H](O)COc1cccc(CCC(=O)O)c1. The van der Waals surface area contributed by atoms with E-state index in [1.54, 1.807) is 0 Å². The molecule has 2 aromatic rings. The minimum absolute atomic E-state index is 0.0183. The van der Waals surface area contributed by atoms with Gasteiger partial charge >= 0.3 is 5.97 Å². The molecule has 1 aliphatic rings. The molecule has 5 nitrogen and oxygen atoms in total. The van der Waals surface area contributed by atoms with Crippen LogP contribution >= 0.6 is 0 Å². The van der Waals surface area contributed by atoms with Crippen molar-refractivity contribution in [3.05, 3.63) is 65.2 Å². The van der Waals surface area contributed by atoms with Gasteiger partial charge in [0.2, 0.25) is 0 Å². The van der Waals surface area contributed by atoms with E-state index >= 15 is 0 Å². The molecule has 3 rings (SSSR count). The van der Waals surface area contributed by atoms with Crippen molar-refractivity contribution in [1.82, 2.24) is 5.32 Å². The normalized spacial score (nSPS) is 14.8. The van der Waals surface area contributed by atoms with E-state index in [4.69, 9.17) is 9.84 Å². The lowest BCUT2D eigenvalue weighted by atomic mass is 9.81. The van der Waals surface area contributed by atoms with Crippen LogP contribution in [0.15, 0.2) is 48.5 Å². The number of carboxylic acid groups (broad SMARTS) is 1. The lowest BCUT2D eigenvalue weighted by Gasteiger charge is -2.36. The number of β-amino-alcohol motifs (C(OH)–C–C–N with tert-alkyl or cyclic N) is 1. The van der Waals surface area contributed by atoms with Gasteiger partial charge in [0.25, 0.3) is 0 Å². The van der Waals surface area contributed by atoms with E-state index in [0.29, 0.717) is 24.6 Å². The Morgan fingerprint density at radius 3 is 2.44 bits per heavy atom. The van der Waals surface area contributed by atoms with E-state index in [2.05, 4.69) is 43.4 Å². The zero-order chi connectivity index (χ0) is 23.0. The van der Waals surface area contributed by atoms with E-state index in [9.17, 15) is 9.90 Å². The molecule has 3 N–H and O–H groups in total. The summed E-state index contributed by atoms with van der Waals surface area (Å²) in [6.07, 6.45) is 5.39. The maximum absolute atomic E-state index is 10.8. The third kappa shape index (κ3) is 6.81. The third-order valence-electron chi connectivity index (χ3n) is 6.85. The van der Waals surface area contributed by atoms with Gasteiger partial charge in [-0.3, -0.25) is 4.79 Å². The van der Waals surface area contributed by atoms with Crippen LogP contribution in [-0.2, 0) is 24.1 Å². The molecule has 32 heavy (non-hydrogen) atoms. The zero-order valence-electron chi connectivity index (χ0n) is 19.3. The molecule has 2 aromatic carbocycles. The van der Waals surface area contributed by atoms with Crippen molar-refractivity contribution in [3.8, 4) is 5.75 Å². The molecular weight excluding hydrogens is 402 g/mol. The van der Waals surface area contributed by atoms with Crippen LogP contribution in [0.1, 0.15) is 56.2 Å². The maximum Gasteiger partial charge on any atom is 0.303 e. The molecule has 1 atom stereocenters. The summed E-state index contributed by atoms with van der Waals surface area (Å²) >= 11 is 0. The molecule has 1 aliphatic carbocycles. The number of hydrogen-bond acceptors (Lipinski definition) is 4. The molecule has 0 spiro atoms. The molecule has 0 fully saturated rings. The highest BCUT2D eigenvalue weighted by molar-refractivity contribution is 5.67. The van der Waals surface area contributed by atoms with Crippen molar-refractivity contribution >= 4 is 5.97 Å². The Morgan fingerprint density at radius 1 is 1.12 bits per heavy atom. The van der Waals surface area contributed by atoms with Crippen molar-refractivity contribution in [2.24, 2.45) is 5.92 Å². The van der Waals surface area contributed by atoms with Gasteiger partial charge in [-0.25, -0.2) is 0 Å². The Bertz CT molecular complexity index is 852. The lowest BCUT2D eigenvalue weighted by Crippen LogP contribution is -2.49. The average molecular weight is 440 g/mol. The number of carboxylic acids is 1. The smallest absolute Gasteiger partial charge is 0.303 e. The first kappa shape index (κ1) is 24.3. The van der Waals surface area contributed by atoms with E-state index in [1.165, 1.54) is 11.1 Å². The molecule has 0 bridgehead atoms. The van der Waals surface area contributed by atoms with Gasteiger partial charge in [0.05, 0.1) is 0 Å². The first-order valence-corrected chi connectivity index (χ1v) is 11.9. The molecule has 0 radical (unpaired) electrons. The van der Waals surface area contributed by atoms with Crippen LogP contribution in [0.5, 0.6) is 5.75 Å². The first-order valence-electron chi connectivity index (χ1n) is 11.9. The Kier molecular flexibility index (Phi) is 8.71. The summed E-state index contributed by atoms with van der Waals surface area (Å²) < 4.78 is 5.79. The van der Waals surface area contributed by atoms with E-state index in [0.717, 1.165) is 37.7 Å². The standard InChI is InChI=1S/C27H37NO4/c1-3-27(4-2,17-21-14-22-9-5-6-10-23(22)15-21)28-18-24(29)19-32-25-11-7-8-20(16-25)12-13-26(30)31/h5-11,16,21,24,28-29H,3-4,12-15,17-19H2,1-2H3,(H,30,31)/t24-/m1/s1. The van der Waals surface area contributed by atoms with Crippen molar-refractivity contribution < 1.29 is 19.7 Å². The summed E-state index contributed by atoms with van der Waals surface area (Å²) in [5, 5.41) is 23.1. The predicted molar refractivity (Wildman–Crippen MR) is 127 cm³/mol.